The van der Waals surface area contributed by atoms with E-state index in [9.17, 15) is 43.2 Å². The summed E-state index contributed by atoms with van der Waals surface area (Å²) in [5.41, 5.74) is 0. The maximum absolute atomic E-state index is 13.1. The molecule has 604 valence electrons. The van der Waals surface area contributed by atoms with Crippen LogP contribution >= 0.6 is 15.6 Å². The molecule has 5 atom stereocenters. The summed E-state index contributed by atoms with van der Waals surface area (Å²) in [6, 6.07) is 0. The van der Waals surface area contributed by atoms with Crippen LogP contribution in [0.5, 0.6) is 0 Å². The lowest BCUT2D eigenvalue weighted by molar-refractivity contribution is -0.161. The molecule has 0 saturated carbocycles. The maximum atomic E-state index is 13.1. The zero-order valence-corrected chi connectivity index (χ0v) is 68.0. The molecule has 0 fully saturated rings. The van der Waals surface area contributed by atoms with Crippen LogP contribution in [-0.4, -0.2) is 96.7 Å². The Balaban J connectivity index is 5.39. The van der Waals surface area contributed by atoms with E-state index in [0.29, 0.717) is 32.1 Å². The Bertz CT molecular complexity index is 2300. The van der Waals surface area contributed by atoms with E-state index in [-0.39, 0.29) is 25.7 Å². The van der Waals surface area contributed by atoms with Gasteiger partial charge in [-0.15, -0.1) is 0 Å². The van der Waals surface area contributed by atoms with Gasteiger partial charge in [-0.2, -0.15) is 0 Å². The fourth-order valence-corrected chi connectivity index (χ4v) is 13.1. The highest BCUT2D eigenvalue weighted by atomic mass is 31.2. The molecule has 17 nitrogen and oxygen atoms in total. The SMILES string of the molecule is CC/C=C\C/C=C\C/C=C\C/C=C\C/C=C\C/C=C\CCC(=O)OC[C@H](COP(=O)(O)OC[C@@H](O)COP(=O)(O)OC[C@@H](COC(=O)CCCCCCCCCCCCCCCCC)OC(=O)CCCCCCCCCCCCCCCCC)OC(=O)CCCCCCCCC/C=C\CCCCCC. The van der Waals surface area contributed by atoms with Crippen molar-refractivity contribution in [3.05, 3.63) is 85.1 Å². The van der Waals surface area contributed by atoms with Crippen molar-refractivity contribution in [2.75, 3.05) is 39.6 Å². The topological polar surface area (TPSA) is 237 Å². The highest BCUT2D eigenvalue weighted by Crippen LogP contribution is 2.45. The third-order valence-electron chi connectivity index (χ3n) is 17.9. The minimum atomic E-state index is -4.99. The third kappa shape index (κ3) is 76.4. The quantitative estimate of drug-likeness (QED) is 0.0169. The fraction of sp³-hybridized carbons (Fsp3) is 0.788. The number of hydrogen-bond acceptors (Lipinski definition) is 15. The molecule has 2 unspecified atom stereocenters. The second-order valence-electron chi connectivity index (χ2n) is 28.1. The first-order valence-corrected chi connectivity index (χ1v) is 44.8. The average Bonchev–Trinajstić information content (AvgIpc) is 0.918. The van der Waals surface area contributed by atoms with E-state index < -0.39 is 97.5 Å². The second-order valence-corrected chi connectivity index (χ2v) is 31.0. The number of hydrogen-bond donors (Lipinski definition) is 3. The number of unbranched alkanes of at least 4 members (excludes halogenated alkanes) is 39. The monoisotopic (exact) mass is 1510 g/mol. The normalized spacial score (nSPS) is 14.3. The summed E-state index contributed by atoms with van der Waals surface area (Å²) < 4.78 is 68.7. The van der Waals surface area contributed by atoms with Gasteiger partial charge >= 0.3 is 39.5 Å². The first-order chi connectivity index (χ1) is 50.7. The number of allylic oxidation sites excluding steroid dienone is 14. The van der Waals surface area contributed by atoms with Gasteiger partial charge in [0.1, 0.15) is 19.3 Å². The molecule has 0 aliphatic rings. The molecule has 0 spiro atoms. The lowest BCUT2D eigenvalue weighted by Gasteiger charge is -2.21. The molecule has 0 aromatic rings. The van der Waals surface area contributed by atoms with Crippen molar-refractivity contribution in [3.63, 3.8) is 0 Å². The molecule has 0 saturated heterocycles. The van der Waals surface area contributed by atoms with Crippen LogP contribution in [0.4, 0.5) is 0 Å². The van der Waals surface area contributed by atoms with E-state index >= 15 is 0 Å². The number of esters is 4. The van der Waals surface area contributed by atoms with E-state index in [4.69, 9.17) is 37.0 Å². The van der Waals surface area contributed by atoms with Crippen LogP contribution in [0, 0.1) is 0 Å². The van der Waals surface area contributed by atoms with Gasteiger partial charge in [0.25, 0.3) is 0 Å². The first-order valence-electron chi connectivity index (χ1n) is 41.8. The molecule has 19 heteroatoms. The van der Waals surface area contributed by atoms with Gasteiger partial charge < -0.3 is 33.8 Å². The average molecular weight is 1510 g/mol. The predicted octanol–water partition coefficient (Wildman–Crippen LogP) is 24.6. The maximum Gasteiger partial charge on any atom is 0.472 e. The predicted molar refractivity (Wildman–Crippen MR) is 427 cm³/mol. The number of phosphoric ester groups is 2. The fourth-order valence-electron chi connectivity index (χ4n) is 11.5. The van der Waals surface area contributed by atoms with Crippen molar-refractivity contribution >= 4 is 39.5 Å². The van der Waals surface area contributed by atoms with E-state index in [0.717, 1.165) is 128 Å². The van der Waals surface area contributed by atoms with E-state index in [1.54, 1.807) is 0 Å². The Morgan fingerprint density at radius 3 is 0.837 bits per heavy atom. The summed E-state index contributed by atoms with van der Waals surface area (Å²) in [6.07, 6.45) is 81.3. The number of ether oxygens (including phenoxy) is 4. The van der Waals surface area contributed by atoms with Crippen molar-refractivity contribution in [2.24, 2.45) is 0 Å². The summed E-state index contributed by atoms with van der Waals surface area (Å²) >= 11 is 0. The molecule has 0 rings (SSSR count). The van der Waals surface area contributed by atoms with Crippen LogP contribution in [0.15, 0.2) is 85.1 Å². The van der Waals surface area contributed by atoms with Crippen molar-refractivity contribution < 1.29 is 80.2 Å². The van der Waals surface area contributed by atoms with Gasteiger partial charge in [0, 0.05) is 25.7 Å². The number of aliphatic hydroxyl groups excluding tert-OH is 1. The van der Waals surface area contributed by atoms with Gasteiger partial charge in [0.05, 0.1) is 26.4 Å². The molecule has 0 bridgehead atoms. The lowest BCUT2D eigenvalue weighted by atomic mass is 10.0. The summed E-state index contributed by atoms with van der Waals surface area (Å²) in [4.78, 5) is 73.1. The van der Waals surface area contributed by atoms with Crippen molar-refractivity contribution in [3.8, 4) is 0 Å². The minimum Gasteiger partial charge on any atom is -0.462 e. The third-order valence-corrected chi connectivity index (χ3v) is 19.8. The van der Waals surface area contributed by atoms with Crippen LogP contribution in [0.1, 0.15) is 374 Å². The first kappa shape index (κ1) is 100. The van der Waals surface area contributed by atoms with Gasteiger partial charge in [-0.25, -0.2) is 9.13 Å². The van der Waals surface area contributed by atoms with Crippen molar-refractivity contribution in [2.45, 2.75) is 393 Å². The molecule has 0 heterocycles. The second kappa shape index (κ2) is 77.4. The summed E-state index contributed by atoms with van der Waals surface area (Å²) in [5.74, 6) is -2.24. The number of aliphatic hydroxyl groups is 1. The highest BCUT2D eigenvalue weighted by Gasteiger charge is 2.30. The Labute approximate surface area is 634 Å². The van der Waals surface area contributed by atoms with Crippen LogP contribution in [0.25, 0.3) is 0 Å². The molecule has 0 aliphatic carbocycles. The molecule has 0 radical (unpaired) electrons. The number of phosphoric acid groups is 2. The summed E-state index contributed by atoms with van der Waals surface area (Å²) in [7, 11) is -9.97. The number of carbonyl (C=O) groups excluding carboxylic acids is 4. The van der Waals surface area contributed by atoms with Crippen molar-refractivity contribution in [1.29, 1.82) is 0 Å². The summed E-state index contributed by atoms with van der Waals surface area (Å²) in [6.45, 7) is 4.75. The molecule has 0 amide bonds. The van der Waals surface area contributed by atoms with Crippen LogP contribution in [0.2, 0.25) is 0 Å². The lowest BCUT2D eigenvalue weighted by Crippen LogP contribution is -2.30. The number of carbonyl (C=O) groups is 4. The van der Waals surface area contributed by atoms with E-state index in [1.807, 2.05) is 12.2 Å². The molecule has 0 aromatic heterocycles. The molecular weight excluding hydrogens is 1350 g/mol. The smallest absolute Gasteiger partial charge is 0.462 e. The zero-order chi connectivity index (χ0) is 76.0. The standard InChI is InChI=1S/C85H152O17P2/c1-5-9-13-17-21-25-29-33-37-38-39-40-44-46-50-54-58-62-66-70-83(88)96-76-81(102-85(90)72-68-64-60-56-52-48-43-36-32-28-24-20-16-12-8-4)78-100-104(93,94)98-74-79(86)73-97-103(91,92)99-77-80(101-84(89)71-67-63-59-55-51-47-42-35-31-27-23-19-15-11-7-3)75-95-82(87)69-65-61-57-53-49-45-41-34-30-26-22-18-14-10-6-2/h9,13,21,25,28,32-33,37,39-40,46,50,58,62,79-81,86H,5-8,10-12,14-20,22-24,26-27,29-31,34-36,38,41-45,47-49,51-57,59-61,63-78H2,1-4H3,(H,91,92)(H,93,94)/b13-9-,25-21-,32-28-,37-33-,40-39-,50-46-,62-58-/t79-,80+,81+/m0/s1. The molecular formula is C85H152O17P2. The van der Waals surface area contributed by atoms with Gasteiger partial charge in [-0.05, 0) is 89.9 Å². The Hall–Kier alpha value is -3.76. The molecule has 104 heavy (non-hydrogen) atoms. The molecule has 0 aliphatic heterocycles. The highest BCUT2D eigenvalue weighted by molar-refractivity contribution is 7.47. The van der Waals surface area contributed by atoms with E-state index in [2.05, 4.69) is 101 Å². The Kier molecular flexibility index (Phi) is 74.6. The molecule has 3 N–H and O–H groups in total. The van der Waals surface area contributed by atoms with Crippen LogP contribution in [-0.2, 0) is 65.4 Å². The summed E-state index contributed by atoms with van der Waals surface area (Å²) in [5, 5.41) is 10.7. The van der Waals surface area contributed by atoms with Gasteiger partial charge in [-0.1, -0.05) is 344 Å². The molecule has 0 aromatic carbocycles. The van der Waals surface area contributed by atoms with Crippen LogP contribution in [0.3, 0.4) is 0 Å². The Morgan fingerprint density at radius 2 is 0.519 bits per heavy atom. The Morgan fingerprint density at radius 1 is 0.279 bits per heavy atom. The van der Waals surface area contributed by atoms with Gasteiger partial charge in [-0.3, -0.25) is 37.3 Å². The number of rotatable bonds is 79. The van der Waals surface area contributed by atoms with Gasteiger partial charge in [0.2, 0.25) is 0 Å². The largest absolute Gasteiger partial charge is 0.472 e. The zero-order valence-electron chi connectivity index (χ0n) is 66.2. The van der Waals surface area contributed by atoms with Crippen LogP contribution < -0.4 is 0 Å². The minimum absolute atomic E-state index is 0.0373. The van der Waals surface area contributed by atoms with E-state index in [1.165, 1.54) is 161 Å². The van der Waals surface area contributed by atoms with Gasteiger partial charge in [0.15, 0.2) is 12.2 Å². The van der Waals surface area contributed by atoms with Crippen molar-refractivity contribution in [1.82, 2.24) is 0 Å².